The van der Waals surface area contributed by atoms with Crippen LogP contribution in [-0.2, 0) is 0 Å². The number of hydrogen-bond donors (Lipinski definition) is 3. The van der Waals surface area contributed by atoms with Crippen LogP contribution in [-0.4, -0.2) is 35.6 Å². The largest absolute Gasteiger partial charge is 0.507 e. The first-order valence-electron chi connectivity index (χ1n) is 7.15. The number of phenols is 1. The molecule has 21 heavy (non-hydrogen) atoms. The highest BCUT2D eigenvalue weighted by Crippen LogP contribution is 2.23. The van der Waals surface area contributed by atoms with Crippen LogP contribution in [0, 0.1) is 0 Å². The third kappa shape index (κ3) is 5.59. The zero-order valence-corrected chi connectivity index (χ0v) is 13.9. The first-order valence-corrected chi connectivity index (χ1v) is 7.56. The van der Waals surface area contributed by atoms with Crippen LogP contribution in [0.4, 0.5) is 5.69 Å². The molecule has 0 bridgehead atoms. The lowest BCUT2D eigenvalue weighted by Gasteiger charge is -2.21. The molecule has 116 valence electrons. The maximum absolute atomic E-state index is 10.0. The van der Waals surface area contributed by atoms with Crippen LogP contribution in [0.5, 0.6) is 5.75 Å². The molecule has 0 atom stereocenters. The van der Waals surface area contributed by atoms with Gasteiger partial charge in [-0.25, -0.2) is 0 Å². The van der Waals surface area contributed by atoms with Gasteiger partial charge in [-0.05, 0) is 52.0 Å². The van der Waals surface area contributed by atoms with Gasteiger partial charge in [0.15, 0.2) is 5.11 Å². The molecule has 0 saturated carbocycles. The summed E-state index contributed by atoms with van der Waals surface area (Å²) in [5.74, 6) is 0.202. The van der Waals surface area contributed by atoms with Crippen LogP contribution in [0.25, 0.3) is 0 Å². The van der Waals surface area contributed by atoms with E-state index < -0.39 is 0 Å². The Morgan fingerprint density at radius 3 is 2.57 bits per heavy atom. The number of phenolic OH excluding ortho intramolecular Hbond substituents is 1. The van der Waals surface area contributed by atoms with Crippen molar-refractivity contribution < 1.29 is 5.11 Å². The van der Waals surface area contributed by atoms with Crippen molar-refractivity contribution in [3.8, 4) is 5.75 Å². The molecule has 0 fully saturated rings. The maximum atomic E-state index is 10.0. The Labute approximate surface area is 132 Å². The summed E-state index contributed by atoms with van der Waals surface area (Å²) in [6, 6.07) is 5.81. The molecule has 1 aromatic carbocycles. The van der Waals surface area contributed by atoms with E-state index in [1.54, 1.807) is 12.3 Å². The lowest BCUT2D eigenvalue weighted by atomic mass is 10.2. The molecule has 1 aromatic rings. The van der Waals surface area contributed by atoms with Crippen molar-refractivity contribution in [3.05, 3.63) is 23.8 Å². The van der Waals surface area contributed by atoms with E-state index in [1.807, 2.05) is 26.0 Å². The third-order valence-corrected chi connectivity index (χ3v) is 3.14. The molecule has 0 aliphatic rings. The summed E-state index contributed by atoms with van der Waals surface area (Å²) in [5, 5.41) is 17.5. The Hall–Kier alpha value is -1.82. The molecule has 0 heterocycles. The lowest BCUT2D eigenvalue weighted by Crippen LogP contribution is -2.36. The SMILES string of the molecule is CCN(CC)c1ccc(C=NNC(=S)NC(C)C)c(O)c1. The van der Waals surface area contributed by atoms with Crippen LogP contribution < -0.4 is 15.6 Å². The molecule has 3 N–H and O–H groups in total. The lowest BCUT2D eigenvalue weighted by molar-refractivity contribution is 0.474. The van der Waals surface area contributed by atoms with Gasteiger partial charge in [-0.15, -0.1) is 0 Å². The Balaban J connectivity index is 2.70. The van der Waals surface area contributed by atoms with E-state index in [4.69, 9.17) is 12.2 Å². The molecule has 1 rings (SSSR count). The summed E-state index contributed by atoms with van der Waals surface area (Å²) < 4.78 is 0. The second kappa shape index (κ2) is 8.46. The second-order valence-electron chi connectivity index (χ2n) is 4.91. The first-order chi connectivity index (χ1) is 9.97. The normalized spacial score (nSPS) is 10.9. The Morgan fingerprint density at radius 1 is 1.38 bits per heavy atom. The van der Waals surface area contributed by atoms with Crippen LogP contribution >= 0.6 is 12.2 Å². The van der Waals surface area contributed by atoms with Crippen molar-refractivity contribution in [3.63, 3.8) is 0 Å². The maximum Gasteiger partial charge on any atom is 0.187 e. The number of aromatic hydroxyl groups is 1. The van der Waals surface area contributed by atoms with Gasteiger partial charge in [0.2, 0.25) is 0 Å². The summed E-state index contributed by atoms with van der Waals surface area (Å²) in [6.45, 7) is 9.97. The Morgan fingerprint density at radius 2 is 2.05 bits per heavy atom. The fourth-order valence-electron chi connectivity index (χ4n) is 1.88. The van der Waals surface area contributed by atoms with E-state index in [0.717, 1.165) is 18.8 Å². The zero-order valence-electron chi connectivity index (χ0n) is 13.1. The van der Waals surface area contributed by atoms with Crippen molar-refractivity contribution in [2.75, 3.05) is 18.0 Å². The Kier molecular flexibility index (Phi) is 6.94. The number of thiocarbonyl (C=S) groups is 1. The van der Waals surface area contributed by atoms with E-state index in [-0.39, 0.29) is 11.8 Å². The quantitative estimate of drug-likeness (QED) is 0.428. The summed E-state index contributed by atoms with van der Waals surface area (Å²) >= 11 is 5.06. The summed E-state index contributed by atoms with van der Waals surface area (Å²) in [4.78, 5) is 2.17. The van der Waals surface area contributed by atoms with Gasteiger partial charge in [0.1, 0.15) is 5.75 Å². The summed E-state index contributed by atoms with van der Waals surface area (Å²) in [7, 11) is 0. The first kappa shape index (κ1) is 17.2. The van der Waals surface area contributed by atoms with Gasteiger partial charge in [0.05, 0.1) is 6.21 Å². The number of rotatable bonds is 6. The molecule has 0 spiro atoms. The minimum Gasteiger partial charge on any atom is -0.507 e. The van der Waals surface area contributed by atoms with Gasteiger partial charge in [-0.2, -0.15) is 5.10 Å². The van der Waals surface area contributed by atoms with E-state index in [2.05, 4.69) is 34.6 Å². The van der Waals surface area contributed by atoms with Gasteiger partial charge in [0, 0.05) is 36.4 Å². The number of hydrazone groups is 1. The van der Waals surface area contributed by atoms with E-state index in [0.29, 0.717) is 10.7 Å². The van der Waals surface area contributed by atoms with Crippen molar-refractivity contribution in [2.24, 2.45) is 5.10 Å². The predicted octanol–water partition coefficient (Wildman–Crippen LogP) is 2.44. The molecule has 0 unspecified atom stereocenters. The Bertz CT molecular complexity index is 498. The minimum absolute atomic E-state index is 0.202. The standard InChI is InChI=1S/C15H24N4OS/c1-5-19(6-2)13-8-7-12(14(20)9-13)10-16-18-15(21)17-11(3)4/h7-11,20H,5-6H2,1-4H3,(H2,17,18,21). The summed E-state index contributed by atoms with van der Waals surface area (Å²) in [5.41, 5.74) is 4.36. The number of hydrogen-bond acceptors (Lipinski definition) is 4. The monoisotopic (exact) mass is 308 g/mol. The van der Waals surface area contributed by atoms with Crippen LogP contribution in [0.15, 0.2) is 23.3 Å². The van der Waals surface area contributed by atoms with E-state index >= 15 is 0 Å². The highest BCUT2D eigenvalue weighted by Gasteiger charge is 2.05. The third-order valence-electron chi connectivity index (χ3n) is 2.93. The van der Waals surface area contributed by atoms with Crippen LogP contribution in [0.1, 0.15) is 33.3 Å². The number of nitrogens with one attached hydrogen (secondary N) is 2. The molecular weight excluding hydrogens is 284 g/mol. The molecule has 0 aliphatic carbocycles. The minimum atomic E-state index is 0.202. The van der Waals surface area contributed by atoms with Crippen molar-refractivity contribution in [1.29, 1.82) is 0 Å². The molecule has 6 heteroatoms. The molecule has 5 nitrogen and oxygen atoms in total. The van der Waals surface area contributed by atoms with E-state index in [1.165, 1.54) is 0 Å². The molecular formula is C15H24N4OS. The van der Waals surface area contributed by atoms with Crippen molar-refractivity contribution in [2.45, 2.75) is 33.7 Å². The average Bonchev–Trinajstić information content (AvgIpc) is 2.41. The zero-order chi connectivity index (χ0) is 15.8. The van der Waals surface area contributed by atoms with Crippen LogP contribution in [0.2, 0.25) is 0 Å². The molecule has 0 aromatic heterocycles. The van der Waals surface area contributed by atoms with Crippen molar-refractivity contribution >= 4 is 29.2 Å². The topological polar surface area (TPSA) is 59.9 Å². The fraction of sp³-hybridized carbons (Fsp3) is 0.467. The van der Waals surface area contributed by atoms with Crippen molar-refractivity contribution in [1.82, 2.24) is 10.7 Å². The molecule has 0 radical (unpaired) electrons. The fourth-order valence-corrected chi connectivity index (χ4v) is 2.17. The van der Waals surface area contributed by atoms with Gasteiger partial charge in [-0.3, -0.25) is 5.43 Å². The van der Waals surface area contributed by atoms with Gasteiger partial charge in [-0.1, -0.05) is 0 Å². The molecule has 0 saturated heterocycles. The van der Waals surface area contributed by atoms with Gasteiger partial charge >= 0.3 is 0 Å². The number of nitrogens with zero attached hydrogens (tertiary/aromatic N) is 2. The van der Waals surface area contributed by atoms with Crippen LogP contribution in [0.3, 0.4) is 0 Å². The van der Waals surface area contributed by atoms with Gasteiger partial charge in [0.25, 0.3) is 0 Å². The molecule has 0 aliphatic heterocycles. The highest BCUT2D eigenvalue weighted by molar-refractivity contribution is 7.80. The smallest absolute Gasteiger partial charge is 0.187 e. The highest BCUT2D eigenvalue weighted by atomic mass is 32.1. The van der Waals surface area contributed by atoms with E-state index in [9.17, 15) is 5.11 Å². The number of anilines is 1. The van der Waals surface area contributed by atoms with Gasteiger partial charge < -0.3 is 15.3 Å². The number of benzene rings is 1. The molecule has 0 amide bonds. The average molecular weight is 308 g/mol. The second-order valence-corrected chi connectivity index (χ2v) is 5.32. The predicted molar refractivity (Wildman–Crippen MR) is 93.3 cm³/mol. The summed E-state index contributed by atoms with van der Waals surface area (Å²) in [6.07, 6.45) is 1.55.